The summed E-state index contributed by atoms with van der Waals surface area (Å²) in [4.78, 5) is 23.6. The van der Waals surface area contributed by atoms with E-state index in [2.05, 4.69) is 15.0 Å². The lowest BCUT2D eigenvalue weighted by atomic mass is 10.1. The average molecular weight is 260 g/mol. The van der Waals surface area contributed by atoms with E-state index in [1.807, 2.05) is 19.1 Å². The predicted molar refractivity (Wildman–Crippen MR) is 71.9 cm³/mol. The topological polar surface area (TPSA) is 72.8 Å². The van der Waals surface area contributed by atoms with Crippen molar-refractivity contribution in [3.8, 4) is 0 Å². The van der Waals surface area contributed by atoms with Gasteiger partial charge < -0.3 is 4.74 Å². The van der Waals surface area contributed by atoms with Crippen molar-refractivity contribution in [2.24, 2.45) is 0 Å². The molecule has 0 radical (unpaired) electrons. The monoisotopic (exact) mass is 260 g/mol. The minimum atomic E-state index is -0.139. The Morgan fingerprint density at radius 2 is 2.26 bits per heavy atom. The molecule has 100 valence electrons. The van der Waals surface area contributed by atoms with Crippen LogP contribution >= 0.6 is 0 Å². The van der Waals surface area contributed by atoms with Gasteiger partial charge >= 0.3 is 5.69 Å². The van der Waals surface area contributed by atoms with Gasteiger partial charge in [-0.1, -0.05) is 6.08 Å². The maximum Gasteiger partial charge on any atom is 0.329 e. The van der Waals surface area contributed by atoms with Crippen molar-refractivity contribution in [1.29, 1.82) is 0 Å². The predicted octanol–water partition coefficient (Wildman–Crippen LogP) is 1.50. The molecule has 0 atom stereocenters. The molecule has 0 aromatic carbocycles. The van der Waals surface area contributed by atoms with Gasteiger partial charge in [-0.15, -0.1) is 0 Å². The first-order chi connectivity index (χ1) is 9.29. The number of nitrogens with zero attached hydrogens (tertiary/aromatic N) is 3. The standard InChI is InChI=1S/C13H16N4O2/c1-2-3-9-8-14-11-12(15-9)17(13(18)16-11)10-4-6-19-7-5-10/h2-3,8,10H,4-7H2,1H3,(H,14,16,18)/b3-2-. The van der Waals surface area contributed by atoms with Gasteiger partial charge in [0.25, 0.3) is 0 Å². The van der Waals surface area contributed by atoms with Gasteiger partial charge in [0.15, 0.2) is 11.3 Å². The number of hydrogen-bond donors (Lipinski definition) is 1. The van der Waals surface area contributed by atoms with E-state index in [1.165, 1.54) is 0 Å². The van der Waals surface area contributed by atoms with Gasteiger partial charge in [-0.3, -0.25) is 9.55 Å². The summed E-state index contributed by atoms with van der Waals surface area (Å²) < 4.78 is 7.06. The summed E-state index contributed by atoms with van der Waals surface area (Å²) in [5.74, 6) is 0. The van der Waals surface area contributed by atoms with Crippen LogP contribution in [0.3, 0.4) is 0 Å². The summed E-state index contributed by atoms with van der Waals surface area (Å²) in [7, 11) is 0. The van der Waals surface area contributed by atoms with E-state index >= 15 is 0 Å². The smallest absolute Gasteiger partial charge is 0.329 e. The molecule has 0 bridgehead atoms. The number of rotatable bonds is 2. The maximum absolute atomic E-state index is 12.1. The number of aromatic amines is 1. The van der Waals surface area contributed by atoms with Crippen molar-refractivity contribution < 1.29 is 4.74 Å². The van der Waals surface area contributed by atoms with E-state index in [0.29, 0.717) is 24.5 Å². The summed E-state index contributed by atoms with van der Waals surface area (Å²) in [6.07, 6.45) is 7.11. The van der Waals surface area contributed by atoms with Crippen LogP contribution in [0.2, 0.25) is 0 Å². The number of imidazole rings is 1. The molecule has 0 amide bonds. The lowest BCUT2D eigenvalue weighted by molar-refractivity contribution is 0.0697. The molecule has 0 spiro atoms. The molecule has 1 saturated heterocycles. The molecule has 6 heteroatoms. The van der Waals surface area contributed by atoms with Crippen molar-refractivity contribution in [1.82, 2.24) is 19.5 Å². The lowest BCUT2D eigenvalue weighted by Crippen LogP contribution is -2.27. The number of ether oxygens (including phenoxy) is 1. The van der Waals surface area contributed by atoms with Crippen LogP contribution in [0.1, 0.15) is 31.5 Å². The Bertz CT molecular complexity index is 665. The van der Waals surface area contributed by atoms with Crippen LogP contribution in [0.25, 0.3) is 17.4 Å². The molecule has 1 N–H and O–H groups in total. The van der Waals surface area contributed by atoms with E-state index < -0.39 is 0 Å². The Balaban J connectivity index is 2.13. The largest absolute Gasteiger partial charge is 0.381 e. The van der Waals surface area contributed by atoms with Gasteiger partial charge in [0.05, 0.1) is 11.9 Å². The molecule has 1 aliphatic rings. The summed E-state index contributed by atoms with van der Waals surface area (Å²) in [5.41, 5.74) is 1.80. The number of fused-ring (bicyclic) bond motifs is 1. The molecule has 0 aliphatic carbocycles. The first-order valence-corrected chi connectivity index (χ1v) is 6.47. The van der Waals surface area contributed by atoms with E-state index in [-0.39, 0.29) is 11.7 Å². The third-order valence-corrected chi connectivity index (χ3v) is 3.34. The third kappa shape index (κ3) is 2.19. The highest BCUT2D eigenvalue weighted by molar-refractivity contribution is 5.67. The second-order valence-corrected chi connectivity index (χ2v) is 4.61. The SMILES string of the molecule is C/C=C\c1cnc2[nH]c(=O)n(C3CCOCC3)c2n1. The van der Waals surface area contributed by atoms with Crippen molar-refractivity contribution in [3.63, 3.8) is 0 Å². The molecular formula is C13H16N4O2. The highest BCUT2D eigenvalue weighted by atomic mass is 16.5. The molecule has 3 rings (SSSR count). The molecule has 2 aromatic rings. The van der Waals surface area contributed by atoms with Crippen LogP contribution in [0, 0.1) is 0 Å². The fraction of sp³-hybridized carbons (Fsp3) is 0.462. The highest BCUT2D eigenvalue weighted by Gasteiger charge is 2.21. The first kappa shape index (κ1) is 12.1. The molecule has 6 nitrogen and oxygen atoms in total. The van der Waals surface area contributed by atoms with E-state index in [0.717, 1.165) is 18.5 Å². The number of nitrogens with one attached hydrogen (secondary N) is 1. The van der Waals surface area contributed by atoms with Gasteiger partial charge in [0, 0.05) is 19.3 Å². The number of allylic oxidation sites excluding steroid dienone is 1. The average Bonchev–Trinajstić information content (AvgIpc) is 2.75. The van der Waals surface area contributed by atoms with Gasteiger partial charge in [-0.2, -0.15) is 0 Å². The Kier molecular flexibility index (Phi) is 3.16. The molecule has 1 aliphatic heterocycles. The number of H-pyrrole nitrogens is 1. The molecule has 19 heavy (non-hydrogen) atoms. The van der Waals surface area contributed by atoms with Crippen LogP contribution in [-0.4, -0.2) is 32.7 Å². The second kappa shape index (κ2) is 4.97. The minimum Gasteiger partial charge on any atom is -0.381 e. The fourth-order valence-electron chi connectivity index (χ4n) is 2.44. The van der Waals surface area contributed by atoms with Crippen molar-refractivity contribution in [2.45, 2.75) is 25.8 Å². The van der Waals surface area contributed by atoms with E-state index in [4.69, 9.17) is 4.74 Å². The number of hydrogen-bond acceptors (Lipinski definition) is 4. The summed E-state index contributed by atoms with van der Waals surface area (Å²) >= 11 is 0. The Hall–Kier alpha value is -1.95. The van der Waals surface area contributed by atoms with Crippen LogP contribution in [-0.2, 0) is 4.74 Å². The second-order valence-electron chi connectivity index (χ2n) is 4.61. The molecule has 2 aromatic heterocycles. The minimum absolute atomic E-state index is 0.139. The summed E-state index contributed by atoms with van der Waals surface area (Å²) in [5, 5.41) is 0. The first-order valence-electron chi connectivity index (χ1n) is 6.47. The maximum atomic E-state index is 12.1. The molecule has 0 saturated carbocycles. The van der Waals surface area contributed by atoms with Crippen LogP contribution < -0.4 is 5.69 Å². The zero-order valence-corrected chi connectivity index (χ0v) is 10.8. The zero-order valence-electron chi connectivity index (χ0n) is 10.8. The van der Waals surface area contributed by atoms with Crippen molar-refractivity contribution in [2.75, 3.05) is 13.2 Å². The summed E-state index contributed by atoms with van der Waals surface area (Å²) in [6, 6.07) is 0.144. The van der Waals surface area contributed by atoms with E-state index in [1.54, 1.807) is 10.8 Å². The zero-order chi connectivity index (χ0) is 13.2. The fourth-order valence-corrected chi connectivity index (χ4v) is 2.44. The van der Waals surface area contributed by atoms with Gasteiger partial charge in [0.2, 0.25) is 0 Å². The Labute approximate surface area is 110 Å². The summed E-state index contributed by atoms with van der Waals surface area (Å²) in [6.45, 7) is 3.30. The van der Waals surface area contributed by atoms with Gasteiger partial charge in [0.1, 0.15) is 0 Å². The number of aromatic nitrogens is 4. The van der Waals surface area contributed by atoms with E-state index in [9.17, 15) is 4.79 Å². The van der Waals surface area contributed by atoms with Crippen molar-refractivity contribution in [3.05, 3.63) is 28.5 Å². The van der Waals surface area contributed by atoms with Crippen LogP contribution in [0.15, 0.2) is 17.1 Å². The molecule has 0 unspecified atom stereocenters. The van der Waals surface area contributed by atoms with Gasteiger partial charge in [-0.25, -0.2) is 14.8 Å². The molecule has 3 heterocycles. The van der Waals surface area contributed by atoms with Crippen LogP contribution in [0.4, 0.5) is 0 Å². The normalized spacial score (nSPS) is 17.5. The van der Waals surface area contributed by atoms with Crippen LogP contribution in [0.5, 0.6) is 0 Å². The Morgan fingerprint density at radius 1 is 1.47 bits per heavy atom. The lowest BCUT2D eigenvalue weighted by Gasteiger charge is -2.22. The van der Waals surface area contributed by atoms with Crippen molar-refractivity contribution >= 4 is 17.4 Å². The quantitative estimate of drug-likeness (QED) is 0.888. The highest BCUT2D eigenvalue weighted by Crippen LogP contribution is 2.22. The molecular weight excluding hydrogens is 244 g/mol. The Morgan fingerprint density at radius 3 is 3.00 bits per heavy atom. The molecule has 1 fully saturated rings. The third-order valence-electron chi connectivity index (χ3n) is 3.34. The van der Waals surface area contributed by atoms with Gasteiger partial charge in [-0.05, 0) is 25.8 Å².